The third-order valence-electron chi connectivity index (χ3n) is 3.47. The van der Waals surface area contributed by atoms with Crippen molar-refractivity contribution in [1.82, 2.24) is 10.2 Å². The number of hydrogen-bond acceptors (Lipinski definition) is 2. The Labute approximate surface area is 116 Å². The van der Waals surface area contributed by atoms with Crippen LogP contribution in [0.25, 0.3) is 0 Å². The molecule has 0 aromatic carbocycles. The molecule has 1 unspecified atom stereocenters. The molecule has 1 saturated heterocycles. The van der Waals surface area contributed by atoms with Crippen LogP contribution in [0.1, 0.15) is 53.4 Å². The molecule has 0 radical (unpaired) electrons. The first-order chi connectivity index (χ1) is 8.90. The fraction of sp³-hybridized carbons (Fsp3) is 0.867. The van der Waals surface area contributed by atoms with E-state index in [1.165, 1.54) is 0 Å². The summed E-state index contributed by atoms with van der Waals surface area (Å²) in [5.74, 6) is 1.17. The van der Waals surface area contributed by atoms with E-state index in [1.807, 2.05) is 4.90 Å². The molecule has 1 aliphatic rings. The van der Waals surface area contributed by atoms with Crippen molar-refractivity contribution in [2.45, 2.75) is 59.4 Å². The lowest BCUT2D eigenvalue weighted by atomic mass is 10.0. The maximum Gasteiger partial charge on any atom is 0.245 e. The van der Waals surface area contributed by atoms with Crippen LogP contribution in [0.15, 0.2) is 0 Å². The van der Waals surface area contributed by atoms with Crippen LogP contribution in [0.2, 0.25) is 0 Å². The zero-order valence-corrected chi connectivity index (χ0v) is 12.7. The lowest BCUT2D eigenvalue weighted by molar-refractivity contribution is -0.134. The number of hydrogen-bond donors (Lipinski definition) is 1. The quantitative estimate of drug-likeness (QED) is 0.802. The molecule has 0 aliphatic carbocycles. The predicted octanol–water partition coefficient (Wildman–Crippen LogP) is 2.19. The normalized spacial score (nSPS) is 20.9. The lowest BCUT2D eigenvalue weighted by Gasteiger charge is -2.25. The molecule has 0 aromatic rings. The Bertz CT molecular complexity index is 313. The van der Waals surface area contributed by atoms with Crippen LogP contribution >= 0.6 is 0 Å². The zero-order valence-electron chi connectivity index (χ0n) is 12.7. The van der Waals surface area contributed by atoms with Gasteiger partial charge in [0.2, 0.25) is 11.8 Å². The largest absolute Gasteiger partial charge is 0.344 e. The van der Waals surface area contributed by atoms with E-state index in [1.54, 1.807) is 0 Å². The Balaban J connectivity index is 2.59. The fourth-order valence-corrected chi connectivity index (χ4v) is 2.44. The summed E-state index contributed by atoms with van der Waals surface area (Å²) >= 11 is 0. The zero-order chi connectivity index (χ0) is 14.4. The monoisotopic (exact) mass is 268 g/mol. The Morgan fingerprint density at radius 1 is 1.21 bits per heavy atom. The van der Waals surface area contributed by atoms with Gasteiger partial charge in [-0.05, 0) is 31.1 Å². The molecule has 1 atom stereocenters. The number of carbonyl (C=O) groups excluding carboxylic acids is 2. The van der Waals surface area contributed by atoms with Gasteiger partial charge in [-0.2, -0.15) is 0 Å². The van der Waals surface area contributed by atoms with E-state index >= 15 is 0 Å². The van der Waals surface area contributed by atoms with E-state index in [0.717, 1.165) is 25.8 Å². The summed E-state index contributed by atoms with van der Waals surface area (Å²) in [4.78, 5) is 25.9. The molecule has 2 amide bonds. The second-order valence-corrected chi connectivity index (χ2v) is 6.36. The second-order valence-electron chi connectivity index (χ2n) is 6.36. The third kappa shape index (κ3) is 5.62. The van der Waals surface area contributed by atoms with Crippen molar-refractivity contribution >= 4 is 11.8 Å². The topological polar surface area (TPSA) is 49.4 Å². The average molecular weight is 268 g/mol. The van der Waals surface area contributed by atoms with Crippen LogP contribution in [-0.2, 0) is 9.59 Å². The van der Waals surface area contributed by atoms with Gasteiger partial charge in [-0.3, -0.25) is 9.59 Å². The van der Waals surface area contributed by atoms with Gasteiger partial charge >= 0.3 is 0 Å². The van der Waals surface area contributed by atoms with Gasteiger partial charge in [-0.1, -0.05) is 27.7 Å². The van der Waals surface area contributed by atoms with E-state index in [4.69, 9.17) is 0 Å². The maximum atomic E-state index is 12.4. The van der Waals surface area contributed by atoms with Gasteiger partial charge in [0.05, 0.1) is 0 Å². The highest BCUT2D eigenvalue weighted by molar-refractivity contribution is 5.89. The number of amides is 2. The van der Waals surface area contributed by atoms with Gasteiger partial charge in [-0.25, -0.2) is 0 Å². The summed E-state index contributed by atoms with van der Waals surface area (Å²) in [6.45, 7) is 9.88. The Hall–Kier alpha value is -1.06. The van der Waals surface area contributed by atoms with Crippen molar-refractivity contribution in [3.8, 4) is 0 Å². The molecule has 1 rings (SSSR count). The number of nitrogens with zero attached hydrogens (tertiary/aromatic N) is 1. The average Bonchev–Trinajstić information content (AvgIpc) is 2.41. The first kappa shape index (κ1) is 16.0. The molecule has 4 heteroatoms. The summed E-state index contributed by atoms with van der Waals surface area (Å²) < 4.78 is 0. The summed E-state index contributed by atoms with van der Waals surface area (Å²) in [5.41, 5.74) is 0. The van der Waals surface area contributed by atoms with Gasteiger partial charge < -0.3 is 10.2 Å². The number of carbonyl (C=O) groups is 2. The third-order valence-corrected chi connectivity index (χ3v) is 3.47. The molecule has 4 nitrogen and oxygen atoms in total. The Morgan fingerprint density at radius 2 is 1.89 bits per heavy atom. The van der Waals surface area contributed by atoms with Crippen LogP contribution < -0.4 is 5.32 Å². The minimum absolute atomic E-state index is 0.00496. The van der Waals surface area contributed by atoms with Crippen LogP contribution in [0.3, 0.4) is 0 Å². The van der Waals surface area contributed by atoms with Crippen molar-refractivity contribution < 1.29 is 9.59 Å². The molecule has 0 aromatic heterocycles. The lowest BCUT2D eigenvalue weighted by Crippen LogP contribution is -2.45. The molecule has 0 spiro atoms. The predicted molar refractivity (Wildman–Crippen MR) is 76.7 cm³/mol. The summed E-state index contributed by atoms with van der Waals surface area (Å²) in [7, 11) is 0. The van der Waals surface area contributed by atoms with Crippen LogP contribution in [0.4, 0.5) is 0 Å². The first-order valence-corrected chi connectivity index (χ1v) is 7.48. The minimum atomic E-state index is -0.325. The maximum absolute atomic E-state index is 12.4. The Kier molecular flexibility index (Phi) is 6.32. The van der Waals surface area contributed by atoms with E-state index < -0.39 is 0 Å². The molecular formula is C15H28N2O2. The highest BCUT2D eigenvalue weighted by Crippen LogP contribution is 2.13. The highest BCUT2D eigenvalue weighted by Gasteiger charge is 2.29. The molecule has 0 bridgehead atoms. The van der Waals surface area contributed by atoms with Crippen molar-refractivity contribution in [2.75, 3.05) is 13.1 Å². The SMILES string of the molecule is CC(C)CCCN1CCC(=O)NC(CC(C)C)C1=O. The van der Waals surface area contributed by atoms with Crippen LogP contribution in [-0.4, -0.2) is 35.8 Å². The van der Waals surface area contributed by atoms with E-state index in [2.05, 4.69) is 33.0 Å². The molecule has 0 saturated carbocycles. The van der Waals surface area contributed by atoms with E-state index in [0.29, 0.717) is 24.8 Å². The van der Waals surface area contributed by atoms with Crippen molar-refractivity contribution in [2.24, 2.45) is 11.8 Å². The fourth-order valence-electron chi connectivity index (χ4n) is 2.44. The number of nitrogens with one attached hydrogen (secondary N) is 1. The standard InChI is InChI=1S/C15H28N2O2/c1-11(2)6-5-8-17-9-7-14(18)16-13(15(17)19)10-12(3)4/h11-13H,5-10H2,1-4H3,(H,16,18). The summed E-state index contributed by atoms with van der Waals surface area (Å²) in [6, 6.07) is -0.325. The molecular weight excluding hydrogens is 240 g/mol. The molecule has 1 aliphatic heterocycles. The van der Waals surface area contributed by atoms with Crippen molar-refractivity contribution in [3.63, 3.8) is 0 Å². The van der Waals surface area contributed by atoms with Crippen molar-refractivity contribution in [1.29, 1.82) is 0 Å². The number of rotatable bonds is 6. The molecule has 1 N–H and O–H groups in total. The van der Waals surface area contributed by atoms with E-state index in [-0.39, 0.29) is 17.9 Å². The molecule has 110 valence electrons. The molecule has 19 heavy (non-hydrogen) atoms. The first-order valence-electron chi connectivity index (χ1n) is 7.48. The van der Waals surface area contributed by atoms with Gasteiger partial charge in [0, 0.05) is 19.5 Å². The van der Waals surface area contributed by atoms with Crippen molar-refractivity contribution in [3.05, 3.63) is 0 Å². The van der Waals surface area contributed by atoms with Crippen LogP contribution in [0.5, 0.6) is 0 Å². The smallest absolute Gasteiger partial charge is 0.245 e. The minimum Gasteiger partial charge on any atom is -0.344 e. The van der Waals surface area contributed by atoms with Gasteiger partial charge in [0.15, 0.2) is 0 Å². The molecule has 1 heterocycles. The van der Waals surface area contributed by atoms with Gasteiger partial charge in [-0.15, -0.1) is 0 Å². The van der Waals surface area contributed by atoms with Crippen LogP contribution in [0, 0.1) is 11.8 Å². The summed E-state index contributed by atoms with van der Waals surface area (Å²) in [5, 5.41) is 2.86. The molecule has 1 fully saturated rings. The summed E-state index contributed by atoms with van der Waals surface area (Å²) in [6.07, 6.45) is 3.30. The highest BCUT2D eigenvalue weighted by atomic mass is 16.2. The Morgan fingerprint density at radius 3 is 2.47 bits per heavy atom. The second kappa shape index (κ2) is 7.51. The van der Waals surface area contributed by atoms with Gasteiger partial charge in [0.25, 0.3) is 0 Å². The van der Waals surface area contributed by atoms with E-state index in [9.17, 15) is 9.59 Å². The van der Waals surface area contributed by atoms with Gasteiger partial charge in [0.1, 0.15) is 6.04 Å².